The Hall–Kier alpha value is -1.60. The number of halogens is 1. The number of aromatic nitrogens is 1. The van der Waals surface area contributed by atoms with Gasteiger partial charge in [-0.1, -0.05) is 55.3 Å². The molecule has 1 heterocycles. The van der Waals surface area contributed by atoms with Crippen molar-refractivity contribution >= 4 is 33.3 Å². The number of benzene rings is 2. The lowest BCUT2D eigenvalue weighted by Gasteiger charge is -2.09. The molecule has 0 fully saturated rings. The van der Waals surface area contributed by atoms with Crippen LogP contribution < -0.4 is 0 Å². The van der Waals surface area contributed by atoms with E-state index in [-0.39, 0.29) is 0 Å². The minimum Gasteiger partial charge on any atom is -0.252 e. The van der Waals surface area contributed by atoms with Crippen LogP contribution in [-0.4, -0.2) is 4.98 Å². The third-order valence-electron chi connectivity index (χ3n) is 3.23. The summed E-state index contributed by atoms with van der Waals surface area (Å²) in [4.78, 5) is 4.77. The molecule has 3 rings (SSSR count). The Kier molecular flexibility index (Phi) is 2.92. The molecule has 0 aliphatic heterocycles. The number of hydrogen-bond donors (Lipinski definition) is 0. The third kappa shape index (κ3) is 1.85. The second-order valence-corrected chi connectivity index (χ2v) is 4.95. The zero-order valence-electron chi connectivity index (χ0n) is 10.3. The highest BCUT2D eigenvalue weighted by Gasteiger charge is 2.07. The van der Waals surface area contributed by atoms with Gasteiger partial charge in [-0.25, -0.2) is 0 Å². The average Bonchev–Trinajstić information content (AvgIpc) is 2.39. The van der Waals surface area contributed by atoms with Gasteiger partial charge in [-0.3, -0.25) is 4.98 Å². The van der Waals surface area contributed by atoms with Crippen molar-refractivity contribution in [2.45, 2.75) is 19.8 Å². The minimum absolute atomic E-state index is 0.743. The van der Waals surface area contributed by atoms with Crippen LogP contribution in [0, 0.1) is 0 Å². The molecule has 0 amide bonds. The molecule has 0 saturated heterocycles. The number of pyridine rings is 1. The van der Waals surface area contributed by atoms with Gasteiger partial charge in [-0.05, 0) is 23.9 Å². The normalized spacial score (nSPS) is 11.2. The molecule has 0 saturated carbocycles. The van der Waals surface area contributed by atoms with Crippen molar-refractivity contribution in [2.24, 2.45) is 0 Å². The van der Waals surface area contributed by atoms with Gasteiger partial charge in [-0.2, -0.15) is 0 Å². The van der Waals surface area contributed by atoms with Crippen LogP contribution in [0.25, 0.3) is 21.7 Å². The summed E-state index contributed by atoms with van der Waals surface area (Å²) < 4.78 is 0. The molecule has 2 heteroatoms. The SMILES string of the molecule is CCCc1nc2cc(Cl)ccc2c2ccccc12. The number of aryl methyl sites for hydroxylation is 1. The Labute approximate surface area is 111 Å². The summed E-state index contributed by atoms with van der Waals surface area (Å²) in [5.41, 5.74) is 2.16. The molecule has 0 spiro atoms. The van der Waals surface area contributed by atoms with Crippen molar-refractivity contribution in [3.63, 3.8) is 0 Å². The van der Waals surface area contributed by atoms with Gasteiger partial charge in [0.1, 0.15) is 0 Å². The molecule has 0 bridgehead atoms. The van der Waals surface area contributed by atoms with Crippen molar-refractivity contribution in [3.8, 4) is 0 Å². The highest BCUT2D eigenvalue weighted by Crippen LogP contribution is 2.28. The summed E-state index contributed by atoms with van der Waals surface area (Å²) in [6, 6.07) is 14.4. The molecule has 90 valence electrons. The van der Waals surface area contributed by atoms with E-state index < -0.39 is 0 Å². The van der Waals surface area contributed by atoms with Gasteiger partial charge < -0.3 is 0 Å². The Bertz CT molecular complexity index is 719. The summed E-state index contributed by atoms with van der Waals surface area (Å²) >= 11 is 6.06. The lowest BCUT2D eigenvalue weighted by molar-refractivity contribution is 0.899. The van der Waals surface area contributed by atoms with Crippen LogP contribution in [-0.2, 0) is 6.42 Å². The first-order valence-electron chi connectivity index (χ1n) is 6.26. The van der Waals surface area contributed by atoms with Gasteiger partial charge in [0.15, 0.2) is 0 Å². The molecule has 0 unspecified atom stereocenters. The van der Waals surface area contributed by atoms with Crippen LogP contribution in [0.1, 0.15) is 19.0 Å². The van der Waals surface area contributed by atoms with Gasteiger partial charge in [0, 0.05) is 21.5 Å². The maximum atomic E-state index is 6.06. The van der Waals surface area contributed by atoms with E-state index in [1.807, 2.05) is 12.1 Å². The van der Waals surface area contributed by atoms with Crippen LogP contribution in [0.15, 0.2) is 42.5 Å². The average molecular weight is 256 g/mol. The molecule has 1 aromatic heterocycles. The van der Waals surface area contributed by atoms with Gasteiger partial charge in [-0.15, -0.1) is 0 Å². The zero-order valence-corrected chi connectivity index (χ0v) is 11.0. The molecule has 3 aromatic rings. The van der Waals surface area contributed by atoms with E-state index in [2.05, 4.69) is 37.3 Å². The van der Waals surface area contributed by atoms with Gasteiger partial charge in [0.05, 0.1) is 5.52 Å². The maximum Gasteiger partial charge on any atom is 0.0726 e. The quantitative estimate of drug-likeness (QED) is 0.588. The first-order chi connectivity index (χ1) is 8.79. The van der Waals surface area contributed by atoms with Gasteiger partial charge in [0.2, 0.25) is 0 Å². The first-order valence-corrected chi connectivity index (χ1v) is 6.64. The molecule has 0 aliphatic carbocycles. The second kappa shape index (κ2) is 4.58. The second-order valence-electron chi connectivity index (χ2n) is 4.52. The third-order valence-corrected chi connectivity index (χ3v) is 3.47. The highest BCUT2D eigenvalue weighted by molar-refractivity contribution is 6.31. The predicted molar refractivity (Wildman–Crippen MR) is 78.3 cm³/mol. The van der Waals surface area contributed by atoms with E-state index in [9.17, 15) is 0 Å². The van der Waals surface area contributed by atoms with E-state index in [1.54, 1.807) is 0 Å². The lowest BCUT2D eigenvalue weighted by atomic mass is 10.0. The summed E-state index contributed by atoms with van der Waals surface area (Å²) in [7, 11) is 0. The van der Waals surface area contributed by atoms with E-state index in [4.69, 9.17) is 16.6 Å². The van der Waals surface area contributed by atoms with Crippen LogP contribution >= 0.6 is 11.6 Å². The Morgan fingerprint density at radius 3 is 2.56 bits per heavy atom. The standard InChI is InChI=1S/C16H14ClN/c1-2-5-15-13-7-4-3-6-12(13)14-9-8-11(17)10-16(14)18-15/h3-4,6-10H,2,5H2,1H3. The Balaban J connectivity index is 2.44. The van der Waals surface area contributed by atoms with E-state index in [1.165, 1.54) is 21.9 Å². The Morgan fingerprint density at radius 2 is 1.78 bits per heavy atom. The molecule has 0 atom stereocenters. The summed E-state index contributed by atoms with van der Waals surface area (Å²) in [6.07, 6.45) is 2.10. The van der Waals surface area contributed by atoms with Crippen molar-refractivity contribution in [1.82, 2.24) is 4.98 Å². The van der Waals surface area contributed by atoms with Gasteiger partial charge >= 0.3 is 0 Å². The van der Waals surface area contributed by atoms with E-state index in [0.717, 1.165) is 23.4 Å². The molecule has 18 heavy (non-hydrogen) atoms. The van der Waals surface area contributed by atoms with Crippen LogP contribution in [0.4, 0.5) is 0 Å². The molecular weight excluding hydrogens is 242 g/mol. The van der Waals surface area contributed by atoms with Crippen LogP contribution in [0.3, 0.4) is 0 Å². The van der Waals surface area contributed by atoms with Crippen molar-refractivity contribution in [3.05, 3.63) is 53.2 Å². The summed E-state index contributed by atoms with van der Waals surface area (Å²) in [5.74, 6) is 0. The number of fused-ring (bicyclic) bond motifs is 3. The maximum absolute atomic E-state index is 6.06. The largest absolute Gasteiger partial charge is 0.252 e. The minimum atomic E-state index is 0.743. The topological polar surface area (TPSA) is 12.9 Å². The molecule has 1 nitrogen and oxygen atoms in total. The number of nitrogens with zero attached hydrogens (tertiary/aromatic N) is 1. The summed E-state index contributed by atoms with van der Waals surface area (Å²) in [5, 5.41) is 4.44. The molecule has 0 radical (unpaired) electrons. The van der Waals surface area contributed by atoms with Gasteiger partial charge in [0.25, 0.3) is 0 Å². The van der Waals surface area contributed by atoms with Crippen molar-refractivity contribution in [1.29, 1.82) is 0 Å². The van der Waals surface area contributed by atoms with Crippen molar-refractivity contribution in [2.75, 3.05) is 0 Å². The zero-order chi connectivity index (χ0) is 12.5. The monoisotopic (exact) mass is 255 g/mol. The first kappa shape index (κ1) is 11.5. The predicted octanol–water partition coefficient (Wildman–Crippen LogP) is 4.99. The van der Waals surface area contributed by atoms with E-state index in [0.29, 0.717) is 0 Å². The molecule has 0 aliphatic rings. The van der Waals surface area contributed by atoms with Crippen LogP contribution in [0.5, 0.6) is 0 Å². The van der Waals surface area contributed by atoms with Crippen LogP contribution in [0.2, 0.25) is 5.02 Å². The molecule has 2 aromatic carbocycles. The lowest BCUT2D eigenvalue weighted by Crippen LogP contribution is -1.93. The highest BCUT2D eigenvalue weighted by atomic mass is 35.5. The Morgan fingerprint density at radius 1 is 1.00 bits per heavy atom. The molecule has 0 N–H and O–H groups in total. The fraction of sp³-hybridized carbons (Fsp3) is 0.188. The van der Waals surface area contributed by atoms with E-state index >= 15 is 0 Å². The van der Waals surface area contributed by atoms with Crippen molar-refractivity contribution < 1.29 is 0 Å². The molecular formula is C16H14ClN. The summed E-state index contributed by atoms with van der Waals surface area (Å²) in [6.45, 7) is 2.18. The fourth-order valence-electron chi connectivity index (χ4n) is 2.43. The smallest absolute Gasteiger partial charge is 0.0726 e. The number of rotatable bonds is 2. The number of hydrogen-bond acceptors (Lipinski definition) is 1. The fourth-order valence-corrected chi connectivity index (χ4v) is 2.59.